The molecule has 0 saturated heterocycles. The average molecular weight is 303 g/mol. The summed E-state index contributed by atoms with van der Waals surface area (Å²) < 4.78 is 41.1. The minimum absolute atomic E-state index is 0.0163. The Morgan fingerprint density at radius 1 is 1.10 bits per heavy atom. The van der Waals surface area contributed by atoms with Gasteiger partial charge in [0, 0.05) is 19.1 Å². The fraction of sp³-hybridized carbons (Fsp3) is 0.625. The van der Waals surface area contributed by atoms with Crippen molar-refractivity contribution in [2.45, 2.75) is 51.9 Å². The highest BCUT2D eigenvalue weighted by molar-refractivity contribution is 5.22. The summed E-state index contributed by atoms with van der Waals surface area (Å²) in [6.45, 7) is 5.66. The molecule has 2 nitrogen and oxygen atoms in total. The topological polar surface area (TPSA) is 21.3 Å². The Kier molecular flexibility index (Phi) is 7.75. The summed E-state index contributed by atoms with van der Waals surface area (Å²) in [4.78, 5) is 0. The lowest BCUT2D eigenvalue weighted by atomic mass is 10.1. The third kappa shape index (κ3) is 9.47. The van der Waals surface area contributed by atoms with E-state index >= 15 is 0 Å². The molecule has 0 amide bonds. The van der Waals surface area contributed by atoms with Crippen LogP contribution in [0.25, 0.3) is 0 Å². The van der Waals surface area contributed by atoms with Crippen molar-refractivity contribution in [3.8, 4) is 0 Å². The summed E-state index contributed by atoms with van der Waals surface area (Å²) in [6.07, 6.45) is -3.89. The number of ether oxygens (including phenoxy) is 1. The van der Waals surface area contributed by atoms with Gasteiger partial charge in [0.2, 0.25) is 0 Å². The molecule has 0 radical (unpaired) electrons. The van der Waals surface area contributed by atoms with Crippen molar-refractivity contribution >= 4 is 0 Å². The smallest absolute Gasteiger partial charge is 0.377 e. The molecule has 1 N–H and O–H groups in total. The molecule has 0 spiro atoms. The molecule has 0 aliphatic carbocycles. The molecular weight excluding hydrogens is 279 g/mol. The monoisotopic (exact) mass is 303 g/mol. The van der Waals surface area contributed by atoms with Crippen LogP contribution in [0.15, 0.2) is 24.3 Å². The van der Waals surface area contributed by atoms with Crippen molar-refractivity contribution in [2.24, 2.45) is 0 Å². The Balaban J connectivity index is 2.19. The van der Waals surface area contributed by atoms with E-state index < -0.39 is 12.6 Å². The molecule has 0 aliphatic rings. The largest absolute Gasteiger partial charge is 0.389 e. The molecule has 0 aromatic heterocycles. The minimum Gasteiger partial charge on any atom is -0.377 e. The molecule has 0 unspecified atom stereocenters. The molecule has 0 heterocycles. The summed E-state index contributed by atoms with van der Waals surface area (Å²) >= 11 is 0. The van der Waals surface area contributed by atoms with Crippen molar-refractivity contribution < 1.29 is 17.9 Å². The third-order valence-electron chi connectivity index (χ3n) is 3.01. The molecule has 120 valence electrons. The van der Waals surface area contributed by atoms with Crippen LogP contribution in [0.5, 0.6) is 0 Å². The zero-order valence-electron chi connectivity index (χ0n) is 12.7. The number of hydrogen-bond acceptors (Lipinski definition) is 2. The van der Waals surface area contributed by atoms with Crippen LogP contribution in [0.1, 0.15) is 37.8 Å². The fourth-order valence-electron chi connectivity index (χ4n) is 1.87. The predicted molar refractivity (Wildman–Crippen MR) is 78.2 cm³/mol. The first kappa shape index (κ1) is 18.0. The molecule has 0 saturated carbocycles. The van der Waals surface area contributed by atoms with Gasteiger partial charge in [0.05, 0.1) is 6.61 Å². The highest BCUT2D eigenvalue weighted by atomic mass is 19.4. The van der Waals surface area contributed by atoms with Crippen LogP contribution in [0.2, 0.25) is 0 Å². The second-order valence-corrected chi connectivity index (χ2v) is 5.45. The second kappa shape index (κ2) is 9.05. The Morgan fingerprint density at radius 3 is 2.29 bits per heavy atom. The van der Waals surface area contributed by atoms with E-state index in [0.717, 1.165) is 18.5 Å². The maximum absolute atomic E-state index is 11.9. The van der Waals surface area contributed by atoms with Crippen molar-refractivity contribution in [1.29, 1.82) is 0 Å². The first-order valence-corrected chi connectivity index (χ1v) is 7.32. The fourth-order valence-corrected chi connectivity index (χ4v) is 1.87. The van der Waals surface area contributed by atoms with Crippen LogP contribution in [0, 0.1) is 0 Å². The zero-order valence-corrected chi connectivity index (χ0v) is 12.7. The molecule has 1 aromatic rings. The normalized spacial score (nSPS) is 12.1. The summed E-state index contributed by atoms with van der Waals surface area (Å²) in [5, 5.41) is 3.35. The first-order valence-electron chi connectivity index (χ1n) is 7.32. The van der Waals surface area contributed by atoms with Gasteiger partial charge in [0.1, 0.15) is 0 Å². The third-order valence-corrected chi connectivity index (χ3v) is 3.01. The second-order valence-electron chi connectivity index (χ2n) is 5.45. The van der Waals surface area contributed by atoms with Gasteiger partial charge in [-0.3, -0.25) is 0 Å². The Morgan fingerprint density at radius 2 is 1.71 bits per heavy atom. The predicted octanol–water partition coefficient (Wildman–Crippen LogP) is 4.09. The molecule has 0 bridgehead atoms. The number of rotatable bonds is 9. The standard InChI is InChI=1S/C16H24F3NO/c1-13(2)20-10-8-14-4-6-15(7-5-14)12-21-11-3-9-16(17,18)19/h4-7,13,20H,3,8-12H2,1-2H3. The van der Waals surface area contributed by atoms with E-state index in [4.69, 9.17) is 4.74 Å². The number of benzene rings is 1. The minimum atomic E-state index is -4.09. The highest BCUT2D eigenvalue weighted by Crippen LogP contribution is 2.21. The van der Waals surface area contributed by atoms with Gasteiger partial charge >= 0.3 is 6.18 Å². The van der Waals surface area contributed by atoms with Gasteiger partial charge in [-0.05, 0) is 30.5 Å². The van der Waals surface area contributed by atoms with Crippen LogP contribution in [-0.2, 0) is 17.8 Å². The maximum Gasteiger partial charge on any atom is 0.389 e. The van der Waals surface area contributed by atoms with Gasteiger partial charge in [0.25, 0.3) is 0 Å². The number of hydrogen-bond donors (Lipinski definition) is 1. The Bertz CT molecular complexity index is 388. The van der Waals surface area contributed by atoms with Crippen LogP contribution in [-0.4, -0.2) is 25.4 Å². The van der Waals surface area contributed by atoms with Gasteiger partial charge in [0.15, 0.2) is 0 Å². The molecular formula is C16H24F3NO. The van der Waals surface area contributed by atoms with E-state index in [-0.39, 0.29) is 13.0 Å². The lowest BCUT2D eigenvalue weighted by Gasteiger charge is -2.09. The first-order chi connectivity index (χ1) is 9.87. The summed E-state index contributed by atoms with van der Waals surface area (Å²) in [7, 11) is 0. The van der Waals surface area contributed by atoms with Crippen molar-refractivity contribution in [3.63, 3.8) is 0 Å². The van der Waals surface area contributed by atoms with Crippen molar-refractivity contribution in [1.82, 2.24) is 5.32 Å². The van der Waals surface area contributed by atoms with Gasteiger partial charge in [-0.15, -0.1) is 0 Å². The van der Waals surface area contributed by atoms with Gasteiger partial charge in [-0.2, -0.15) is 13.2 Å². The molecule has 1 rings (SSSR count). The molecule has 21 heavy (non-hydrogen) atoms. The average Bonchev–Trinajstić information content (AvgIpc) is 2.38. The van der Waals surface area contributed by atoms with E-state index in [0.29, 0.717) is 12.6 Å². The number of nitrogens with one attached hydrogen (secondary N) is 1. The maximum atomic E-state index is 11.9. The van der Waals surface area contributed by atoms with E-state index in [1.54, 1.807) is 0 Å². The molecule has 0 fully saturated rings. The zero-order chi connectivity index (χ0) is 15.7. The summed E-state index contributed by atoms with van der Waals surface area (Å²) in [6, 6.07) is 8.49. The van der Waals surface area contributed by atoms with E-state index in [1.165, 1.54) is 5.56 Å². The van der Waals surface area contributed by atoms with E-state index in [9.17, 15) is 13.2 Å². The van der Waals surface area contributed by atoms with Gasteiger partial charge < -0.3 is 10.1 Å². The number of alkyl halides is 3. The Hall–Kier alpha value is -1.07. The summed E-state index contributed by atoms with van der Waals surface area (Å²) in [5.41, 5.74) is 2.23. The van der Waals surface area contributed by atoms with Gasteiger partial charge in [-0.1, -0.05) is 38.1 Å². The Labute approximate surface area is 124 Å². The van der Waals surface area contributed by atoms with E-state index in [1.807, 2.05) is 24.3 Å². The number of halogens is 3. The highest BCUT2D eigenvalue weighted by Gasteiger charge is 2.25. The lowest BCUT2D eigenvalue weighted by Crippen LogP contribution is -2.24. The van der Waals surface area contributed by atoms with Crippen molar-refractivity contribution in [2.75, 3.05) is 13.2 Å². The van der Waals surface area contributed by atoms with E-state index in [2.05, 4.69) is 19.2 Å². The van der Waals surface area contributed by atoms with Gasteiger partial charge in [-0.25, -0.2) is 0 Å². The lowest BCUT2D eigenvalue weighted by molar-refractivity contribution is -0.138. The van der Waals surface area contributed by atoms with Crippen molar-refractivity contribution in [3.05, 3.63) is 35.4 Å². The molecule has 5 heteroatoms. The molecule has 1 aromatic carbocycles. The molecule has 0 aliphatic heterocycles. The quantitative estimate of drug-likeness (QED) is 0.694. The summed E-state index contributed by atoms with van der Waals surface area (Å²) in [5.74, 6) is 0. The van der Waals surface area contributed by atoms with Crippen LogP contribution >= 0.6 is 0 Å². The van der Waals surface area contributed by atoms with Crippen LogP contribution in [0.3, 0.4) is 0 Å². The van der Waals surface area contributed by atoms with Crippen LogP contribution in [0.4, 0.5) is 13.2 Å². The van der Waals surface area contributed by atoms with Crippen LogP contribution < -0.4 is 5.32 Å². The molecule has 0 atom stereocenters. The SMILES string of the molecule is CC(C)NCCc1ccc(COCCCC(F)(F)F)cc1.